The Morgan fingerprint density at radius 1 is 1.25 bits per heavy atom. The van der Waals surface area contributed by atoms with Gasteiger partial charge in [0.25, 0.3) is 0 Å². The van der Waals surface area contributed by atoms with Gasteiger partial charge >= 0.3 is 0 Å². The summed E-state index contributed by atoms with van der Waals surface area (Å²) in [5.74, 6) is 1.65. The Labute approximate surface area is 76.9 Å². The summed E-state index contributed by atoms with van der Waals surface area (Å²) in [7, 11) is 0. The monoisotopic (exact) mass is 172 g/mol. The Balaban J connectivity index is 0.000000561. The number of nitrogens with two attached hydrogens (primary N) is 1. The lowest BCUT2D eigenvalue weighted by atomic mass is 9.88. The zero-order valence-electron chi connectivity index (χ0n) is 8.93. The third-order valence-corrected chi connectivity index (χ3v) is 2.43. The van der Waals surface area contributed by atoms with Crippen molar-refractivity contribution in [3.63, 3.8) is 0 Å². The maximum Gasteiger partial charge on any atom is 0.0546 e. The quantitative estimate of drug-likeness (QED) is 0.634. The van der Waals surface area contributed by atoms with Gasteiger partial charge in [-0.25, -0.2) is 0 Å². The molecule has 0 aliphatic carbocycles. The van der Waals surface area contributed by atoms with E-state index in [0.29, 0.717) is 0 Å². The van der Waals surface area contributed by atoms with Crippen molar-refractivity contribution in [3.05, 3.63) is 0 Å². The van der Waals surface area contributed by atoms with Crippen molar-refractivity contribution in [3.8, 4) is 0 Å². The van der Waals surface area contributed by atoms with Crippen molar-refractivity contribution in [1.82, 2.24) is 5.32 Å². The van der Waals surface area contributed by atoms with Crippen molar-refractivity contribution >= 4 is 0 Å². The molecular formula is C10H24N2. The Morgan fingerprint density at radius 3 is 2.17 bits per heavy atom. The van der Waals surface area contributed by atoms with Crippen molar-refractivity contribution in [2.24, 2.45) is 17.6 Å². The maximum atomic E-state index is 5.69. The summed E-state index contributed by atoms with van der Waals surface area (Å²) in [5.41, 5.74) is 5.69. The molecule has 2 heteroatoms. The molecule has 1 fully saturated rings. The van der Waals surface area contributed by atoms with Crippen LogP contribution in [0, 0.1) is 11.8 Å². The fraction of sp³-hybridized carbons (Fsp3) is 1.00. The van der Waals surface area contributed by atoms with Gasteiger partial charge in [-0.15, -0.1) is 0 Å². The lowest BCUT2D eigenvalue weighted by molar-refractivity contribution is 0.256. The number of hydrogen-bond acceptors (Lipinski definition) is 2. The number of nitrogens with one attached hydrogen (secondary N) is 1. The van der Waals surface area contributed by atoms with Crippen LogP contribution >= 0.6 is 0 Å². The van der Waals surface area contributed by atoms with Crippen LogP contribution in [-0.2, 0) is 0 Å². The fourth-order valence-electron chi connectivity index (χ4n) is 1.47. The van der Waals surface area contributed by atoms with Gasteiger partial charge in [0.1, 0.15) is 0 Å². The van der Waals surface area contributed by atoms with Gasteiger partial charge in [0, 0.05) is 0 Å². The highest BCUT2D eigenvalue weighted by molar-refractivity contribution is 4.75. The van der Waals surface area contributed by atoms with Crippen LogP contribution in [0.3, 0.4) is 0 Å². The molecule has 0 bridgehead atoms. The van der Waals surface area contributed by atoms with E-state index in [-0.39, 0.29) is 6.17 Å². The first-order valence-corrected chi connectivity index (χ1v) is 5.19. The molecule has 0 amide bonds. The minimum absolute atomic E-state index is 0.259. The molecule has 0 aromatic heterocycles. The van der Waals surface area contributed by atoms with E-state index in [9.17, 15) is 0 Å². The molecule has 2 nitrogen and oxygen atoms in total. The predicted molar refractivity (Wildman–Crippen MR) is 54.9 cm³/mol. The second-order valence-electron chi connectivity index (χ2n) is 3.60. The summed E-state index contributed by atoms with van der Waals surface area (Å²) in [6.45, 7) is 9.67. The van der Waals surface area contributed by atoms with Crippen LogP contribution in [0.2, 0.25) is 0 Å². The highest BCUT2D eigenvalue weighted by Gasteiger charge is 2.19. The lowest BCUT2D eigenvalue weighted by Gasteiger charge is -2.29. The Morgan fingerprint density at radius 2 is 1.83 bits per heavy atom. The van der Waals surface area contributed by atoms with Crippen LogP contribution in [-0.4, -0.2) is 12.7 Å². The highest BCUT2D eigenvalue weighted by Crippen LogP contribution is 2.19. The average molecular weight is 172 g/mol. The molecule has 1 aliphatic heterocycles. The number of piperidine rings is 1. The van der Waals surface area contributed by atoms with Gasteiger partial charge < -0.3 is 11.1 Å². The van der Waals surface area contributed by atoms with Crippen LogP contribution in [0.1, 0.15) is 40.5 Å². The van der Waals surface area contributed by atoms with Gasteiger partial charge in [-0.2, -0.15) is 0 Å². The van der Waals surface area contributed by atoms with E-state index < -0.39 is 0 Å². The van der Waals surface area contributed by atoms with E-state index in [1.165, 1.54) is 6.42 Å². The Kier molecular flexibility index (Phi) is 6.39. The van der Waals surface area contributed by atoms with Crippen LogP contribution in [0.25, 0.3) is 0 Å². The van der Waals surface area contributed by atoms with E-state index in [1.54, 1.807) is 0 Å². The highest BCUT2D eigenvalue weighted by atomic mass is 15.0. The molecular weight excluding hydrogens is 148 g/mol. The van der Waals surface area contributed by atoms with E-state index in [1.807, 2.05) is 13.8 Å². The van der Waals surface area contributed by atoms with Gasteiger partial charge in [0.05, 0.1) is 6.17 Å². The molecule has 1 aliphatic rings. The van der Waals surface area contributed by atoms with Gasteiger partial charge in [-0.05, 0) is 31.2 Å². The second kappa shape index (κ2) is 6.44. The van der Waals surface area contributed by atoms with Crippen LogP contribution < -0.4 is 11.1 Å². The first kappa shape index (κ1) is 11.9. The largest absolute Gasteiger partial charge is 0.316 e. The van der Waals surface area contributed by atoms with Crippen LogP contribution in [0.15, 0.2) is 0 Å². The Hall–Kier alpha value is -0.0800. The predicted octanol–water partition coefficient (Wildman–Crippen LogP) is 1.95. The van der Waals surface area contributed by atoms with Crippen molar-refractivity contribution in [1.29, 1.82) is 0 Å². The van der Waals surface area contributed by atoms with E-state index in [4.69, 9.17) is 5.73 Å². The van der Waals surface area contributed by atoms with Gasteiger partial charge in [0.2, 0.25) is 0 Å². The maximum absolute atomic E-state index is 5.69. The molecule has 2 unspecified atom stereocenters. The third kappa shape index (κ3) is 4.07. The zero-order chi connectivity index (χ0) is 9.56. The molecule has 2 atom stereocenters. The molecule has 1 heterocycles. The first-order valence-electron chi connectivity index (χ1n) is 5.19. The smallest absolute Gasteiger partial charge is 0.0546 e. The molecule has 0 radical (unpaired) electrons. The summed E-state index contributed by atoms with van der Waals surface area (Å²) in [5, 5.41) is 3.29. The zero-order valence-corrected chi connectivity index (χ0v) is 8.93. The minimum Gasteiger partial charge on any atom is -0.316 e. The SMILES string of the molecule is CC.CC(C)C1CCC(N)NC1. The molecule has 1 rings (SSSR count). The average Bonchev–Trinajstić information content (AvgIpc) is 2.09. The topological polar surface area (TPSA) is 38.0 Å². The second-order valence-corrected chi connectivity index (χ2v) is 3.60. The molecule has 74 valence electrons. The summed E-state index contributed by atoms with van der Waals surface area (Å²) in [6, 6.07) is 0. The standard InChI is InChI=1S/C8H18N2.C2H6/c1-6(2)7-3-4-8(9)10-5-7;1-2/h6-8,10H,3-5,9H2,1-2H3;1-2H3. The van der Waals surface area contributed by atoms with E-state index in [2.05, 4.69) is 19.2 Å². The summed E-state index contributed by atoms with van der Waals surface area (Å²) in [4.78, 5) is 0. The molecule has 3 N–H and O–H groups in total. The van der Waals surface area contributed by atoms with Crippen molar-refractivity contribution in [2.45, 2.75) is 46.7 Å². The lowest BCUT2D eigenvalue weighted by Crippen LogP contribution is -2.45. The molecule has 0 aromatic carbocycles. The third-order valence-electron chi connectivity index (χ3n) is 2.43. The minimum atomic E-state index is 0.259. The molecule has 0 saturated carbocycles. The summed E-state index contributed by atoms with van der Waals surface area (Å²) in [6.07, 6.45) is 2.70. The number of hydrogen-bond donors (Lipinski definition) is 2. The Bertz CT molecular complexity index is 94.0. The fourth-order valence-corrected chi connectivity index (χ4v) is 1.47. The molecule has 0 spiro atoms. The van der Waals surface area contributed by atoms with E-state index in [0.717, 1.165) is 24.8 Å². The van der Waals surface area contributed by atoms with Gasteiger partial charge in [-0.1, -0.05) is 27.7 Å². The molecule has 1 saturated heterocycles. The van der Waals surface area contributed by atoms with Crippen LogP contribution in [0.5, 0.6) is 0 Å². The van der Waals surface area contributed by atoms with Gasteiger partial charge in [0.15, 0.2) is 0 Å². The van der Waals surface area contributed by atoms with Gasteiger partial charge in [-0.3, -0.25) is 0 Å². The molecule has 0 aromatic rings. The molecule has 12 heavy (non-hydrogen) atoms. The van der Waals surface area contributed by atoms with Crippen molar-refractivity contribution < 1.29 is 0 Å². The number of rotatable bonds is 1. The van der Waals surface area contributed by atoms with Crippen molar-refractivity contribution in [2.75, 3.05) is 6.54 Å². The van der Waals surface area contributed by atoms with E-state index >= 15 is 0 Å². The summed E-state index contributed by atoms with van der Waals surface area (Å²) >= 11 is 0. The first-order chi connectivity index (χ1) is 5.70. The van der Waals surface area contributed by atoms with Crippen LogP contribution in [0.4, 0.5) is 0 Å². The normalized spacial score (nSPS) is 29.5. The summed E-state index contributed by atoms with van der Waals surface area (Å²) < 4.78 is 0.